The van der Waals surface area contributed by atoms with E-state index in [1.165, 1.54) is 23.6 Å². The maximum absolute atomic E-state index is 12.9. The first-order chi connectivity index (χ1) is 13.2. The Morgan fingerprint density at radius 2 is 1.96 bits per heavy atom. The highest BCUT2D eigenvalue weighted by atomic mass is 16.5. The molecule has 4 nitrogen and oxygen atoms in total. The number of hydrogen-bond donors (Lipinski definition) is 0. The summed E-state index contributed by atoms with van der Waals surface area (Å²) < 4.78 is 5.02. The zero-order valence-corrected chi connectivity index (χ0v) is 17.3. The molecule has 0 aromatic carbocycles. The Hall–Kier alpha value is -1.97. The van der Waals surface area contributed by atoms with Gasteiger partial charge in [0.2, 0.25) is 0 Å². The summed E-state index contributed by atoms with van der Waals surface area (Å²) in [6, 6.07) is 0. The molecule has 4 rings (SSSR count). The van der Waals surface area contributed by atoms with E-state index in [9.17, 15) is 14.4 Å². The van der Waals surface area contributed by atoms with E-state index in [-0.39, 0.29) is 34.9 Å². The standard InChI is InChI=1S/C24H30O4/c1-14-12-24(4)19(7-8-20(24)21(27)13-28-15(2)25)18-6-5-16-11-17(26)9-10-23(16,3)22(14)18/h9-11,18-20H,5-8,12-13H2,1-4H3/t18?,19?,20-,23+,24+/m1/s1. The molecule has 0 amide bonds. The maximum atomic E-state index is 12.9. The molecule has 4 aliphatic rings. The van der Waals surface area contributed by atoms with Crippen molar-refractivity contribution in [2.45, 2.75) is 59.8 Å². The molecule has 4 aliphatic carbocycles. The smallest absolute Gasteiger partial charge is 0.303 e. The number of ketones is 2. The van der Waals surface area contributed by atoms with Crippen LogP contribution in [0.25, 0.3) is 0 Å². The van der Waals surface area contributed by atoms with Crippen molar-refractivity contribution in [3.8, 4) is 0 Å². The van der Waals surface area contributed by atoms with E-state index < -0.39 is 5.97 Å². The molecule has 28 heavy (non-hydrogen) atoms. The molecular weight excluding hydrogens is 352 g/mol. The fraction of sp³-hybridized carbons (Fsp3) is 0.625. The Kier molecular flexibility index (Phi) is 4.52. The van der Waals surface area contributed by atoms with Gasteiger partial charge in [-0.15, -0.1) is 0 Å². The highest BCUT2D eigenvalue weighted by Crippen LogP contribution is 2.65. The summed E-state index contributed by atoms with van der Waals surface area (Å²) in [5.74, 6) is 0.672. The molecule has 0 aromatic rings. The Bertz CT molecular complexity index is 845. The van der Waals surface area contributed by atoms with Crippen LogP contribution in [0.5, 0.6) is 0 Å². The van der Waals surface area contributed by atoms with Crippen LogP contribution < -0.4 is 0 Å². The number of ether oxygens (including phenoxy) is 1. The third-order valence-electron chi connectivity index (χ3n) is 8.03. The molecule has 5 atom stereocenters. The van der Waals surface area contributed by atoms with Crippen molar-refractivity contribution in [3.63, 3.8) is 0 Å². The van der Waals surface area contributed by atoms with Crippen LogP contribution in [0.15, 0.2) is 34.9 Å². The van der Waals surface area contributed by atoms with Gasteiger partial charge in [-0.3, -0.25) is 14.4 Å². The minimum atomic E-state index is -0.395. The number of carbonyl (C=O) groups is 3. The van der Waals surface area contributed by atoms with Crippen LogP contribution in [0.3, 0.4) is 0 Å². The van der Waals surface area contributed by atoms with Crippen LogP contribution in [0.2, 0.25) is 0 Å². The molecular formula is C24H30O4. The number of carbonyl (C=O) groups excluding carboxylic acids is 3. The number of fused-ring (bicyclic) bond motifs is 5. The largest absolute Gasteiger partial charge is 0.458 e. The topological polar surface area (TPSA) is 60.4 Å². The number of Topliss-reactive ketones (excluding diaryl/α,β-unsaturated/α-hetero) is 1. The second-order valence-electron chi connectivity index (χ2n) is 9.61. The van der Waals surface area contributed by atoms with Gasteiger partial charge in [0.1, 0.15) is 6.61 Å². The van der Waals surface area contributed by atoms with Gasteiger partial charge < -0.3 is 4.74 Å². The lowest BCUT2D eigenvalue weighted by atomic mass is 9.50. The Balaban J connectivity index is 1.68. The number of rotatable bonds is 3. The third-order valence-corrected chi connectivity index (χ3v) is 8.03. The summed E-state index contributed by atoms with van der Waals surface area (Å²) in [5.41, 5.74) is 3.89. The third kappa shape index (κ3) is 2.75. The summed E-state index contributed by atoms with van der Waals surface area (Å²) >= 11 is 0. The number of esters is 1. The predicted octanol–water partition coefficient (Wildman–Crippen LogP) is 4.35. The molecule has 0 radical (unpaired) electrons. The highest BCUT2D eigenvalue weighted by Gasteiger charge is 2.58. The van der Waals surface area contributed by atoms with Crippen molar-refractivity contribution >= 4 is 17.5 Å². The molecule has 2 unspecified atom stereocenters. The molecule has 0 aliphatic heterocycles. The van der Waals surface area contributed by atoms with Gasteiger partial charge in [0.05, 0.1) is 0 Å². The SMILES string of the molecule is CC(=O)OCC(=O)[C@H]1CCC2C3CCC4=CC(=O)C=C[C@]4(C)C3=C(C)C[C@@]21C. The maximum Gasteiger partial charge on any atom is 0.303 e. The van der Waals surface area contributed by atoms with Crippen LogP contribution >= 0.6 is 0 Å². The molecule has 0 saturated heterocycles. The van der Waals surface area contributed by atoms with Gasteiger partial charge in [0.15, 0.2) is 11.6 Å². The zero-order chi connectivity index (χ0) is 20.3. The summed E-state index contributed by atoms with van der Waals surface area (Å²) in [6.45, 7) is 8.00. The van der Waals surface area contributed by atoms with Gasteiger partial charge >= 0.3 is 5.97 Å². The minimum Gasteiger partial charge on any atom is -0.458 e. The van der Waals surface area contributed by atoms with Crippen molar-refractivity contribution < 1.29 is 19.1 Å². The first-order valence-corrected chi connectivity index (χ1v) is 10.5. The van der Waals surface area contributed by atoms with Crippen LogP contribution in [0, 0.1) is 28.6 Å². The quantitative estimate of drug-likeness (QED) is 0.538. The van der Waals surface area contributed by atoms with E-state index in [2.05, 4.69) is 26.8 Å². The van der Waals surface area contributed by atoms with E-state index in [4.69, 9.17) is 4.74 Å². The van der Waals surface area contributed by atoms with Gasteiger partial charge in [0, 0.05) is 18.3 Å². The Labute approximate surface area is 167 Å². The summed E-state index contributed by atoms with van der Waals surface area (Å²) in [7, 11) is 0. The van der Waals surface area contributed by atoms with E-state index >= 15 is 0 Å². The van der Waals surface area contributed by atoms with Crippen LogP contribution in [0.4, 0.5) is 0 Å². The van der Waals surface area contributed by atoms with Gasteiger partial charge in [-0.25, -0.2) is 0 Å². The number of allylic oxidation sites excluding steroid dienone is 6. The van der Waals surface area contributed by atoms with Crippen LogP contribution in [-0.4, -0.2) is 24.1 Å². The zero-order valence-electron chi connectivity index (χ0n) is 17.3. The Morgan fingerprint density at radius 1 is 1.21 bits per heavy atom. The average Bonchev–Trinajstić information content (AvgIpc) is 2.96. The normalized spacial score (nSPS) is 39.1. The minimum absolute atomic E-state index is 0.0402. The molecule has 2 fully saturated rings. The molecule has 150 valence electrons. The van der Waals surface area contributed by atoms with Gasteiger partial charge in [-0.2, -0.15) is 0 Å². The van der Waals surface area contributed by atoms with Gasteiger partial charge in [-0.05, 0) is 75.4 Å². The molecule has 0 bridgehead atoms. The van der Waals surface area contributed by atoms with Crippen molar-refractivity contribution in [2.24, 2.45) is 28.6 Å². The first-order valence-electron chi connectivity index (χ1n) is 10.5. The lowest BCUT2D eigenvalue weighted by molar-refractivity contribution is -0.148. The molecule has 2 saturated carbocycles. The summed E-state index contributed by atoms with van der Waals surface area (Å²) in [6.07, 6.45) is 10.5. The van der Waals surface area contributed by atoms with Crippen LogP contribution in [-0.2, 0) is 19.1 Å². The fourth-order valence-corrected chi connectivity index (χ4v) is 6.97. The monoisotopic (exact) mass is 382 g/mol. The molecule has 0 N–H and O–H groups in total. The second kappa shape index (κ2) is 6.53. The molecule has 4 heteroatoms. The molecule has 0 heterocycles. The number of hydrogen-bond acceptors (Lipinski definition) is 4. The highest BCUT2D eigenvalue weighted by molar-refractivity contribution is 6.01. The van der Waals surface area contributed by atoms with E-state index in [0.29, 0.717) is 11.8 Å². The van der Waals surface area contributed by atoms with Crippen molar-refractivity contribution in [1.29, 1.82) is 0 Å². The van der Waals surface area contributed by atoms with E-state index in [1.807, 2.05) is 6.08 Å². The Morgan fingerprint density at radius 3 is 2.68 bits per heavy atom. The van der Waals surface area contributed by atoms with Crippen molar-refractivity contribution in [1.82, 2.24) is 0 Å². The lowest BCUT2D eigenvalue weighted by Gasteiger charge is -2.53. The lowest BCUT2D eigenvalue weighted by Crippen LogP contribution is -2.46. The average molecular weight is 383 g/mol. The molecule has 0 aromatic heterocycles. The second-order valence-corrected chi connectivity index (χ2v) is 9.61. The predicted molar refractivity (Wildman–Crippen MR) is 106 cm³/mol. The van der Waals surface area contributed by atoms with E-state index in [1.54, 1.807) is 6.08 Å². The summed E-state index contributed by atoms with van der Waals surface area (Å²) in [5, 5.41) is 0. The van der Waals surface area contributed by atoms with Crippen molar-refractivity contribution in [2.75, 3.05) is 6.61 Å². The van der Waals surface area contributed by atoms with Crippen molar-refractivity contribution in [3.05, 3.63) is 34.9 Å². The van der Waals surface area contributed by atoms with Gasteiger partial charge in [0.25, 0.3) is 0 Å². The molecule has 0 spiro atoms. The fourth-order valence-electron chi connectivity index (χ4n) is 6.97. The summed E-state index contributed by atoms with van der Waals surface area (Å²) in [4.78, 5) is 35.9. The van der Waals surface area contributed by atoms with Crippen LogP contribution in [0.1, 0.15) is 59.8 Å². The van der Waals surface area contributed by atoms with E-state index in [0.717, 1.165) is 32.1 Å². The first kappa shape index (κ1) is 19.4. The van der Waals surface area contributed by atoms with Gasteiger partial charge in [-0.1, -0.05) is 29.7 Å².